The van der Waals surface area contributed by atoms with Crippen molar-refractivity contribution in [3.63, 3.8) is 0 Å². The van der Waals surface area contributed by atoms with Crippen molar-refractivity contribution in [2.75, 3.05) is 20.2 Å². The molecule has 0 saturated carbocycles. The molecule has 0 radical (unpaired) electrons. The third kappa shape index (κ3) is 4.63. The molecule has 0 saturated heterocycles. The van der Waals surface area contributed by atoms with Gasteiger partial charge in [-0.15, -0.1) is 11.3 Å². The van der Waals surface area contributed by atoms with Crippen LogP contribution >= 0.6 is 11.3 Å². The maximum absolute atomic E-state index is 11.5. The Labute approximate surface area is 113 Å². The molecule has 4 heteroatoms. The molecular weight excluding hydrogens is 246 g/mol. The maximum atomic E-state index is 11.5. The lowest BCUT2D eigenvalue weighted by Crippen LogP contribution is -2.23. The van der Waals surface area contributed by atoms with E-state index in [0.717, 1.165) is 25.2 Å². The van der Waals surface area contributed by atoms with Crippen LogP contribution in [0.2, 0.25) is 0 Å². The predicted octanol–water partition coefficient (Wildman–Crippen LogP) is 3.08. The Kier molecular flexibility index (Phi) is 6.68. The third-order valence-electron chi connectivity index (χ3n) is 2.83. The summed E-state index contributed by atoms with van der Waals surface area (Å²) in [5, 5.41) is 2.09. The second-order valence-electron chi connectivity index (χ2n) is 3.98. The highest BCUT2D eigenvalue weighted by atomic mass is 32.1. The van der Waals surface area contributed by atoms with Crippen LogP contribution < -0.4 is 0 Å². The number of hydrogen-bond acceptors (Lipinski definition) is 4. The van der Waals surface area contributed by atoms with Gasteiger partial charge in [-0.05, 0) is 24.4 Å². The van der Waals surface area contributed by atoms with Crippen molar-refractivity contribution < 1.29 is 9.53 Å². The average molecular weight is 267 g/mol. The van der Waals surface area contributed by atoms with E-state index in [4.69, 9.17) is 4.74 Å². The molecule has 0 aliphatic rings. The Bertz CT molecular complexity index is 385. The summed E-state index contributed by atoms with van der Waals surface area (Å²) in [6.07, 6.45) is 2.69. The van der Waals surface area contributed by atoms with Crippen molar-refractivity contribution in [1.82, 2.24) is 4.90 Å². The molecular formula is C14H21NO2S. The quantitative estimate of drug-likeness (QED) is 0.561. The van der Waals surface area contributed by atoms with E-state index in [-0.39, 0.29) is 5.97 Å². The molecule has 18 heavy (non-hydrogen) atoms. The molecule has 1 heterocycles. The number of hydrogen-bond donors (Lipinski definition) is 0. The van der Waals surface area contributed by atoms with E-state index in [1.807, 2.05) is 13.0 Å². The summed E-state index contributed by atoms with van der Waals surface area (Å²) >= 11 is 1.76. The Balaban J connectivity index is 2.57. The summed E-state index contributed by atoms with van der Waals surface area (Å²) in [6, 6.07) is 4.20. The van der Waals surface area contributed by atoms with Gasteiger partial charge in [0.25, 0.3) is 0 Å². The predicted molar refractivity (Wildman–Crippen MR) is 75.7 cm³/mol. The number of esters is 1. The molecule has 0 aliphatic carbocycles. The minimum atomic E-state index is -0.218. The summed E-state index contributed by atoms with van der Waals surface area (Å²) in [5.74, 6) is -0.218. The van der Waals surface area contributed by atoms with Crippen LogP contribution in [0.25, 0.3) is 0 Å². The molecule has 3 nitrogen and oxygen atoms in total. The molecule has 0 fully saturated rings. The fraction of sp³-hybridized carbons (Fsp3) is 0.500. The number of carbonyl (C=O) groups is 1. The Morgan fingerprint density at radius 1 is 1.50 bits per heavy atom. The van der Waals surface area contributed by atoms with E-state index >= 15 is 0 Å². The van der Waals surface area contributed by atoms with Crippen molar-refractivity contribution in [2.24, 2.45) is 0 Å². The second-order valence-corrected chi connectivity index (χ2v) is 5.01. The molecule has 0 atom stereocenters. The molecule has 0 unspecified atom stereocenters. The molecule has 0 bridgehead atoms. The van der Waals surface area contributed by atoms with Gasteiger partial charge in [0.1, 0.15) is 0 Å². The lowest BCUT2D eigenvalue weighted by molar-refractivity contribution is -0.136. The van der Waals surface area contributed by atoms with Gasteiger partial charge in [0.15, 0.2) is 0 Å². The molecule has 0 N–H and O–H groups in total. The zero-order valence-electron chi connectivity index (χ0n) is 11.3. The first-order valence-electron chi connectivity index (χ1n) is 6.23. The van der Waals surface area contributed by atoms with Gasteiger partial charge in [-0.25, -0.2) is 4.79 Å². The number of thiophene rings is 1. The summed E-state index contributed by atoms with van der Waals surface area (Å²) in [5.41, 5.74) is 0.752. The fourth-order valence-electron chi connectivity index (χ4n) is 1.67. The van der Waals surface area contributed by atoms with Gasteiger partial charge in [0, 0.05) is 23.5 Å². The Morgan fingerprint density at radius 3 is 2.78 bits per heavy atom. The van der Waals surface area contributed by atoms with Crippen molar-refractivity contribution in [3.8, 4) is 0 Å². The highest BCUT2D eigenvalue weighted by Crippen LogP contribution is 2.12. The Hall–Kier alpha value is -1.13. The number of carbonyl (C=O) groups excluding carboxylic acids is 1. The van der Waals surface area contributed by atoms with Gasteiger partial charge in [0.2, 0.25) is 0 Å². The van der Waals surface area contributed by atoms with Gasteiger partial charge in [-0.2, -0.15) is 0 Å². The first-order chi connectivity index (χ1) is 8.71. The number of rotatable bonds is 7. The van der Waals surface area contributed by atoms with Crippen LogP contribution in [0.3, 0.4) is 0 Å². The summed E-state index contributed by atoms with van der Waals surface area (Å²) in [6.45, 7) is 6.78. The minimum absolute atomic E-state index is 0.218. The zero-order valence-corrected chi connectivity index (χ0v) is 12.1. The second kappa shape index (κ2) is 8.06. The molecule has 0 spiro atoms. The van der Waals surface area contributed by atoms with Gasteiger partial charge in [-0.1, -0.05) is 26.0 Å². The number of likely N-dealkylation sites (N-methyl/N-ethyl adjacent to an activating group) is 1. The van der Waals surface area contributed by atoms with E-state index in [1.165, 1.54) is 12.0 Å². The van der Waals surface area contributed by atoms with Crippen LogP contribution in [0.15, 0.2) is 29.2 Å². The Morgan fingerprint density at radius 2 is 2.28 bits per heavy atom. The van der Waals surface area contributed by atoms with Crippen LogP contribution in [0.1, 0.15) is 25.1 Å². The molecule has 1 rings (SSSR count). The zero-order chi connectivity index (χ0) is 13.4. The van der Waals surface area contributed by atoms with E-state index in [1.54, 1.807) is 11.3 Å². The fourth-order valence-corrected chi connectivity index (χ4v) is 2.42. The summed E-state index contributed by atoms with van der Waals surface area (Å²) in [7, 11) is 1.43. The molecule has 0 amide bonds. The lowest BCUT2D eigenvalue weighted by Gasteiger charge is -2.18. The average Bonchev–Trinajstić information content (AvgIpc) is 2.90. The van der Waals surface area contributed by atoms with E-state index in [9.17, 15) is 4.79 Å². The maximum Gasteiger partial charge on any atom is 0.333 e. The van der Waals surface area contributed by atoms with Gasteiger partial charge < -0.3 is 4.74 Å². The largest absolute Gasteiger partial charge is 0.466 e. The van der Waals surface area contributed by atoms with Crippen LogP contribution in [-0.2, 0) is 16.1 Å². The smallest absolute Gasteiger partial charge is 0.333 e. The van der Waals surface area contributed by atoms with Crippen LogP contribution in [0.5, 0.6) is 0 Å². The number of nitrogens with zero attached hydrogens (tertiary/aromatic N) is 1. The van der Waals surface area contributed by atoms with Crippen LogP contribution in [0, 0.1) is 0 Å². The normalized spacial score (nSPS) is 11.9. The number of ether oxygens (including phenoxy) is 1. The van der Waals surface area contributed by atoms with Gasteiger partial charge in [0.05, 0.1) is 7.11 Å². The first kappa shape index (κ1) is 14.9. The van der Waals surface area contributed by atoms with Gasteiger partial charge >= 0.3 is 5.97 Å². The van der Waals surface area contributed by atoms with E-state index in [0.29, 0.717) is 6.42 Å². The first-order valence-corrected chi connectivity index (χ1v) is 7.11. The highest BCUT2D eigenvalue weighted by Gasteiger charge is 2.08. The monoisotopic (exact) mass is 267 g/mol. The topological polar surface area (TPSA) is 29.5 Å². The van der Waals surface area contributed by atoms with Crippen molar-refractivity contribution in [1.29, 1.82) is 0 Å². The van der Waals surface area contributed by atoms with E-state index in [2.05, 4.69) is 29.3 Å². The lowest BCUT2D eigenvalue weighted by atomic mass is 10.2. The van der Waals surface area contributed by atoms with E-state index < -0.39 is 0 Å². The van der Waals surface area contributed by atoms with Crippen LogP contribution in [-0.4, -0.2) is 31.1 Å². The SMILES string of the molecule is CCC(=CCN(CC)Cc1cccs1)C(=O)OC. The molecule has 1 aromatic heterocycles. The molecule has 0 aliphatic heterocycles. The van der Waals surface area contributed by atoms with Crippen molar-refractivity contribution in [3.05, 3.63) is 34.0 Å². The molecule has 0 aromatic carbocycles. The number of methoxy groups -OCH3 is 1. The van der Waals surface area contributed by atoms with Crippen LogP contribution in [0.4, 0.5) is 0 Å². The standard InChI is InChI=1S/C14H21NO2S/c1-4-12(14(16)17-3)8-9-15(5-2)11-13-7-6-10-18-13/h6-8,10H,4-5,9,11H2,1-3H3. The summed E-state index contributed by atoms with van der Waals surface area (Å²) < 4.78 is 4.75. The van der Waals surface area contributed by atoms with Crippen molar-refractivity contribution >= 4 is 17.3 Å². The van der Waals surface area contributed by atoms with Gasteiger partial charge in [-0.3, -0.25) is 4.90 Å². The minimum Gasteiger partial charge on any atom is -0.466 e. The summed E-state index contributed by atoms with van der Waals surface area (Å²) in [4.78, 5) is 15.1. The molecule has 100 valence electrons. The molecule has 1 aromatic rings. The van der Waals surface area contributed by atoms with Crippen molar-refractivity contribution in [2.45, 2.75) is 26.8 Å². The highest BCUT2D eigenvalue weighted by molar-refractivity contribution is 7.09. The third-order valence-corrected chi connectivity index (χ3v) is 3.69.